The minimum absolute atomic E-state index is 0.241. The maximum atomic E-state index is 13.3. The lowest BCUT2D eigenvalue weighted by molar-refractivity contribution is 0.628. The maximum absolute atomic E-state index is 13.3. The van der Waals surface area contributed by atoms with Crippen LogP contribution < -0.4 is 10.2 Å². The highest BCUT2D eigenvalue weighted by molar-refractivity contribution is 7.14. The van der Waals surface area contributed by atoms with Crippen molar-refractivity contribution in [2.75, 3.05) is 25.0 Å². The van der Waals surface area contributed by atoms with Gasteiger partial charge in [-0.05, 0) is 66.9 Å². The van der Waals surface area contributed by atoms with E-state index >= 15 is 0 Å². The first-order chi connectivity index (χ1) is 15.1. The molecule has 158 valence electrons. The quantitative estimate of drug-likeness (QED) is 0.464. The van der Waals surface area contributed by atoms with Crippen LogP contribution in [0.15, 0.2) is 54.1 Å². The summed E-state index contributed by atoms with van der Waals surface area (Å²) >= 11 is 1.58. The number of aryl methyl sites for hydroxylation is 1. The van der Waals surface area contributed by atoms with Crippen molar-refractivity contribution < 1.29 is 4.39 Å². The van der Waals surface area contributed by atoms with Gasteiger partial charge in [0.1, 0.15) is 17.3 Å². The van der Waals surface area contributed by atoms with Gasteiger partial charge in [-0.1, -0.05) is 13.0 Å². The highest BCUT2D eigenvalue weighted by Gasteiger charge is 2.20. The molecule has 1 aliphatic rings. The number of pyridine rings is 1. The Morgan fingerprint density at radius 1 is 1.13 bits per heavy atom. The Bertz CT molecular complexity index is 1250. The van der Waals surface area contributed by atoms with Crippen molar-refractivity contribution in [2.24, 2.45) is 0 Å². The van der Waals surface area contributed by atoms with Crippen LogP contribution in [0.25, 0.3) is 22.5 Å². The number of anilines is 2. The van der Waals surface area contributed by atoms with Crippen molar-refractivity contribution in [3.05, 3.63) is 71.1 Å². The van der Waals surface area contributed by atoms with Crippen LogP contribution in [0.5, 0.6) is 0 Å². The highest BCUT2D eigenvalue weighted by Crippen LogP contribution is 2.34. The molecular formula is C24H24FN5S. The monoisotopic (exact) mass is 433 g/mol. The van der Waals surface area contributed by atoms with Gasteiger partial charge in [-0.25, -0.2) is 14.4 Å². The summed E-state index contributed by atoms with van der Waals surface area (Å²) < 4.78 is 15.5. The van der Waals surface area contributed by atoms with E-state index in [4.69, 9.17) is 9.97 Å². The number of thiazole rings is 1. The molecule has 31 heavy (non-hydrogen) atoms. The predicted molar refractivity (Wildman–Crippen MR) is 126 cm³/mol. The summed E-state index contributed by atoms with van der Waals surface area (Å²) in [5.74, 6) is 0.795. The van der Waals surface area contributed by atoms with Crippen LogP contribution in [0.3, 0.4) is 0 Å². The standard InChI is InChI=1S/C24H24FN5S/c1-3-20-23(29(2)24-28-21(15-31-24)17-4-7-19(25)8-5-17)30-14-18(6-9-22(30)27-20)16-10-12-26-13-11-16/h4-10,14-15,26H,3,11-13H2,1-2H3. The Morgan fingerprint density at radius 2 is 1.94 bits per heavy atom. The van der Waals surface area contributed by atoms with E-state index in [1.165, 1.54) is 23.3 Å². The van der Waals surface area contributed by atoms with Gasteiger partial charge in [0.25, 0.3) is 0 Å². The maximum Gasteiger partial charge on any atom is 0.191 e. The fourth-order valence-electron chi connectivity index (χ4n) is 4.01. The van der Waals surface area contributed by atoms with Gasteiger partial charge < -0.3 is 10.2 Å². The zero-order valence-corrected chi connectivity index (χ0v) is 18.4. The van der Waals surface area contributed by atoms with Crippen molar-refractivity contribution in [3.63, 3.8) is 0 Å². The zero-order valence-electron chi connectivity index (χ0n) is 17.6. The Kier molecular flexibility index (Phi) is 5.29. The molecule has 0 saturated carbocycles. The molecule has 0 fully saturated rings. The van der Waals surface area contributed by atoms with Crippen molar-refractivity contribution in [3.8, 4) is 11.3 Å². The average Bonchev–Trinajstić information content (AvgIpc) is 3.44. The van der Waals surface area contributed by atoms with Gasteiger partial charge in [-0.2, -0.15) is 0 Å². The number of rotatable bonds is 5. The largest absolute Gasteiger partial charge is 0.313 e. The predicted octanol–water partition coefficient (Wildman–Crippen LogP) is 5.30. The first-order valence-corrected chi connectivity index (χ1v) is 11.4. The van der Waals surface area contributed by atoms with Gasteiger partial charge in [0.15, 0.2) is 5.13 Å². The van der Waals surface area contributed by atoms with Gasteiger partial charge in [-0.3, -0.25) is 4.40 Å². The highest BCUT2D eigenvalue weighted by atomic mass is 32.1. The molecule has 0 spiro atoms. The summed E-state index contributed by atoms with van der Waals surface area (Å²) in [5, 5.41) is 6.26. The molecule has 1 aromatic carbocycles. The third-order valence-corrected chi connectivity index (χ3v) is 6.59. The third-order valence-electron chi connectivity index (χ3n) is 5.67. The van der Waals surface area contributed by atoms with Crippen LogP contribution in [-0.4, -0.2) is 34.5 Å². The van der Waals surface area contributed by atoms with Crippen LogP contribution in [0, 0.1) is 5.82 Å². The van der Waals surface area contributed by atoms with E-state index in [0.29, 0.717) is 0 Å². The molecule has 0 atom stereocenters. The molecule has 7 heteroatoms. The molecule has 4 heterocycles. The molecule has 4 aromatic rings. The van der Waals surface area contributed by atoms with Crippen LogP contribution in [0.1, 0.15) is 24.6 Å². The fourth-order valence-corrected chi connectivity index (χ4v) is 4.81. The van der Waals surface area contributed by atoms with Gasteiger partial charge in [0.05, 0.1) is 11.4 Å². The number of fused-ring (bicyclic) bond motifs is 1. The minimum Gasteiger partial charge on any atom is -0.313 e. The van der Waals surface area contributed by atoms with E-state index in [2.05, 4.69) is 45.9 Å². The molecule has 1 N–H and O–H groups in total. The van der Waals surface area contributed by atoms with E-state index in [9.17, 15) is 4.39 Å². The molecule has 0 saturated heterocycles. The number of hydrogen-bond acceptors (Lipinski definition) is 5. The van der Waals surface area contributed by atoms with Crippen molar-refractivity contribution in [2.45, 2.75) is 19.8 Å². The molecule has 5 rings (SSSR count). The number of nitrogens with zero attached hydrogens (tertiary/aromatic N) is 4. The van der Waals surface area contributed by atoms with Crippen molar-refractivity contribution >= 4 is 33.5 Å². The lowest BCUT2D eigenvalue weighted by atomic mass is 10.0. The number of halogens is 1. The number of aromatic nitrogens is 3. The average molecular weight is 434 g/mol. The summed E-state index contributed by atoms with van der Waals surface area (Å²) in [6.07, 6.45) is 6.32. The SMILES string of the molecule is CCc1nc2ccc(C3=CCNCC3)cn2c1N(C)c1nc(-c2ccc(F)cc2)cs1. The zero-order chi connectivity index (χ0) is 21.4. The summed E-state index contributed by atoms with van der Waals surface area (Å²) in [6, 6.07) is 10.7. The fraction of sp³-hybridized carbons (Fsp3) is 0.250. The van der Waals surface area contributed by atoms with E-state index in [1.54, 1.807) is 23.5 Å². The van der Waals surface area contributed by atoms with Gasteiger partial charge in [0, 0.05) is 30.7 Å². The van der Waals surface area contributed by atoms with Crippen LogP contribution in [0.2, 0.25) is 0 Å². The lowest BCUT2D eigenvalue weighted by Crippen LogP contribution is -2.20. The van der Waals surface area contributed by atoms with E-state index in [-0.39, 0.29) is 5.82 Å². The van der Waals surface area contributed by atoms with E-state index < -0.39 is 0 Å². The molecule has 0 aliphatic carbocycles. The molecule has 0 radical (unpaired) electrons. The second-order valence-electron chi connectivity index (χ2n) is 7.65. The van der Waals surface area contributed by atoms with Crippen molar-refractivity contribution in [1.29, 1.82) is 0 Å². The molecule has 3 aromatic heterocycles. The van der Waals surface area contributed by atoms with E-state index in [1.807, 2.05) is 12.4 Å². The second kappa shape index (κ2) is 8.24. The van der Waals surface area contributed by atoms with Crippen LogP contribution in [-0.2, 0) is 6.42 Å². The molecule has 0 amide bonds. The van der Waals surface area contributed by atoms with Crippen molar-refractivity contribution in [1.82, 2.24) is 19.7 Å². The first kappa shape index (κ1) is 19.9. The Balaban J connectivity index is 1.55. The number of benzene rings is 1. The van der Waals surface area contributed by atoms with E-state index in [0.717, 1.165) is 59.5 Å². The smallest absolute Gasteiger partial charge is 0.191 e. The topological polar surface area (TPSA) is 45.5 Å². The summed E-state index contributed by atoms with van der Waals surface area (Å²) in [7, 11) is 2.03. The molecule has 5 nitrogen and oxygen atoms in total. The minimum atomic E-state index is -0.241. The van der Waals surface area contributed by atoms with Gasteiger partial charge in [-0.15, -0.1) is 11.3 Å². The molecular weight excluding hydrogens is 409 g/mol. The van der Waals surface area contributed by atoms with Gasteiger partial charge >= 0.3 is 0 Å². The first-order valence-electron chi connectivity index (χ1n) is 10.5. The van der Waals surface area contributed by atoms with Crippen LogP contribution in [0.4, 0.5) is 15.3 Å². The molecule has 0 unspecified atom stereocenters. The lowest BCUT2D eigenvalue weighted by Gasteiger charge is -2.18. The molecule has 0 bridgehead atoms. The Labute approximate surface area is 184 Å². The number of nitrogens with one attached hydrogen (secondary N) is 1. The Morgan fingerprint density at radius 3 is 2.68 bits per heavy atom. The summed E-state index contributed by atoms with van der Waals surface area (Å²) in [6.45, 7) is 4.04. The summed E-state index contributed by atoms with van der Waals surface area (Å²) in [4.78, 5) is 11.8. The van der Waals surface area contributed by atoms with Gasteiger partial charge in [0.2, 0.25) is 0 Å². The normalized spacial score (nSPS) is 14.1. The second-order valence-corrected chi connectivity index (χ2v) is 8.48. The number of imidazole rings is 1. The third kappa shape index (κ3) is 3.75. The number of hydrogen-bond donors (Lipinski definition) is 1. The Hall–Kier alpha value is -3.03. The molecule has 1 aliphatic heterocycles. The summed E-state index contributed by atoms with van der Waals surface area (Å²) in [5.41, 5.74) is 6.33. The van der Waals surface area contributed by atoms with Crippen LogP contribution >= 0.6 is 11.3 Å².